The van der Waals surface area contributed by atoms with Gasteiger partial charge in [0.2, 0.25) is 0 Å². The Labute approximate surface area is 151 Å². The molecule has 2 atom stereocenters. The number of urea groups is 1. The molecule has 7 heteroatoms. The van der Waals surface area contributed by atoms with E-state index in [4.69, 9.17) is 16.3 Å². The highest BCUT2D eigenvalue weighted by atomic mass is 35.5. The molecule has 1 aromatic carbocycles. The Balaban J connectivity index is 1.72. The number of imide groups is 1. The third kappa shape index (κ3) is 3.23. The number of benzene rings is 1. The maximum absolute atomic E-state index is 12.8. The zero-order valence-electron chi connectivity index (χ0n) is 14.3. The monoisotopic (exact) mass is 364 g/mol. The van der Waals surface area contributed by atoms with E-state index in [-0.39, 0.29) is 17.6 Å². The van der Waals surface area contributed by atoms with Gasteiger partial charge in [-0.3, -0.25) is 9.69 Å². The van der Waals surface area contributed by atoms with Crippen molar-refractivity contribution >= 4 is 29.5 Å². The van der Waals surface area contributed by atoms with E-state index in [1.54, 1.807) is 18.2 Å². The molecule has 2 unspecified atom stereocenters. The molecule has 3 rings (SSSR count). The van der Waals surface area contributed by atoms with Crippen LogP contribution in [-0.2, 0) is 9.59 Å². The van der Waals surface area contributed by atoms with Gasteiger partial charge in [-0.2, -0.15) is 0 Å². The lowest BCUT2D eigenvalue weighted by Crippen LogP contribution is -2.54. The van der Waals surface area contributed by atoms with E-state index in [2.05, 4.69) is 5.32 Å². The fraction of sp³-hybridized carbons (Fsp3) is 0.500. The van der Waals surface area contributed by atoms with Gasteiger partial charge in [-0.15, -0.1) is 0 Å². The average molecular weight is 365 g/mol. The highest BCUT2D eigenvalue weighted by Gasteiger charge is 2.55. The van der Waals surface area contributed by atoms with Gasteiger partial charge >= 0.3 is 12.0 Å². The number of hydrogen-bond acceptors (Lipinski definition) is 4. The molecule has 1 saturated heterocycles. The minimum absolute atomic E-state index is 0.0462. The molecule has 1 spiro atoms. The van der Waals surface area contributed by atoms with Crippen LogP contribution in [0.3, 0.4) is 0 Å². The molecule has 25 heavy (non-hydrogen) atoms. The molecule has 1 heterocycles. The first kappa shape index (κ1) is 17.7. The normalized spacial score (nSPS) is 26.0. The van der Waals surface area contributed by atoms with Crippen molar-refractivity contribution in [3.63, 3.8) is 0 Å². The van der Waals surface area contributed by atoms with Crippen molar-refractivity contribution in [3.05, 3.63) is 28.8 Å². The fourth-order valence-corrected chi connectivity index (χ4v) is 3.77. The first-order chi connectivity index (χ1) is 11.8. The fourth-order valence-electron chi connectivity index (χ4n) is 3.61. The minimum atomic E-state index is -0.878. The number of esters is 1. The van der Waals surface area contributed by atoms with Gasteiger partial charge in [0.15, 0.2) is 0 Å². The zero-order valence-corrected chi connectivity index (χ0v) is 15.1. The lowest BCUT2D eigenvalue weighted by Gasteiger charge is -2.36. The molecule has 2 aliphatic rings. The van der Waals surface area contributed by atoms with Crippen molar-refractivity contribution < 1.29 is 19.1 Å². The number of halogens is 1. The summed E-state index contributed by atoms with van der Waals surface area (Å²) in [7, 11) is 0. The molecule has 3 amide bonds. The molecule has 0 radical (unpaired) electrons. The van der Waals surface area contributed by atoms with Crippen LogP contribution < -0.4 is 10.1 Å². The number of amides is 3. The van der Waals surface area contributed by atoms with Gasteiger partial charge in [0.25, 0.3) is 5.91 Å². The summed E-state index contributed by atoms with van der Waals surface area (Å²) in [6.07, 6.45) is 3.41. The van der Waals surface area contributed by atoms with E-state index < -0.39 is 24.1 Å². The van der Waals surface area contributed by atoms with Crippen molar-refractivity contribution in [1.82, 2.24) is 10.2 Å². The van der Waals surface area contributed by atoms with Gasteiger partial charge in [-0.05, 0) is 43.4 Å². The van der Waals surface area contributed by atoms with E-state index in [0.29, 0.717) is 11.4 Å². The molecule has 0 aromatic heterocycles. The molecule has 1 aliphatic carbocycles. The minimum Gasteiger partial charge on any atom is -0.424 e. The predicted octanol–water partition coefficient (Wildman–Crippen LogP) is 3.05. The molecule has 1 saturated carbocycles. The number of rotatable bonds is 3. The molecule has 2 fully saturated rings. The third-order valence-corrected chi connectivity index (χ3v) is 5.41. The Morgan fingerprint density at radius 3 is 2.88 bits per heavy atom. The van der Waals surface area contributed by atoms with E-state index >= 15 is 0 Å². The highest BCUT2D eigenvalue weighted by Crippen LogP contribution is 2.38. The number of carbonyl (C=O) groups excluding carboxylic acids is 3. The van der Waals surface area contributed by atoms with Crippen LogP contribution >= 0.6 is 11.6 Å². The van der Waals surface area contributed by atoms with Crippen LogP contribution in [0.2, 0.25) is 5.02 Å². The van der Waals surface area contributed by atoms with Crippen LogP contribution in [0.25, 0.3) is 0 Å². The SMILES string of the molecule is Cc1ccc(Cl)c(OC(=O)CN2C(=O)NC3(CCCCC3C)C2=O)c1. The van der Waals surface area contributed by atoms with Crippen LogP contribution in [-0.4, -0.2) is 34.9 Å². The summed E-state index contributed by atoms with van der Waals surface area (Å²) in [6.45, 7) is 3.38. The largest absolute Gasteiger partial charge is 0.424 e. The van der Waals surface area contributed by atoms with Gasteiger partial charge in [-0.1, -0.05) is 37.4 Å². The number of aryl methyl sites for hydroxylation is 1. The van der Waals surface area contributed by atoms with Gasteiger partial charge in [-0.25, -0.2) is 9.59 Å². The van der Waals surface area contributed by atoms with Crippen LogP contribution in [0.15, 0.2) is 18.2 Å². The molecule has 0 bridgehead atoms. The summed E-state index contributed by atoms with van der Waals surface area (Å²) >= 11 is 6.01. The lowest BCUT2D eigenvalue weighted by atomic mass is 9.73. The molecular formula is C18H21ClN2O4. The number of ether oxygens (including phenoxy) is 1. The predicted molar refractivity (Wildman–Crippen MR) is 92.4 cm³/mol. The summed E-state index contributed by atoms with van der Waals surface area (Å²) < 4.78 is 5.24. The Bertz CT molecular complexity index is 736. The number of hydrogen-bond donors (Lipinski definition) is 1. The third-order valence-electron chi connectivity index (χ3n) is 5.10. The van der Waals surface area contributed by atoms with E-state index in [1.165, 1.54) is 0 Å². The van der Waals surface area contributed by atoms with Crippen molar-refractivity contribution in [1.29, 1.82) is 0 Å². The van der Waals surface area contributed by atoms with E-state index in [9.17, 15) is 14.4 Å². The number of nitrogens with one attached hydrogen (secondary N) is 1. The van der Waals surface area contributed by atoms with Crippen molar-refractivity contribution in [2.75, 3.05) is 6.54 Å². The Morgan fingerprint density at radius 2 is 2.16 bits per heavy atom. The second kappa shape index (κ2) is 6.67. The van der Waals surface area contributed by atoms with Crippen molar-refractivity contribution in [2.24, 2.45) is 5.92 Å². The van der Waals surface area contributed by atoms with Crippen LogP contribution in [0.1, 0.15) is 38.2 Å². The molecule has 134 valence electrons. The molecular weight excluding hydrogens is 344 g/mol. The standard InChI is InChI=1S/C18H21ClN2O4/c1-11-6-7-13(19)14(9-11)25-15(22)10-21-16(23)18(20-17(21)24)8-4-3-5-12(18)2/h6-7,9,12H,3-5,8,10H2,1-2H3,(H,20,24). The Kier molecular flexibility index (Phi) is 4.73. The molecule has 1 aromatic rings. The van der Waals surface area contributed by atoms with Gasteiger partial charge < -0.3 is 10.1 Å². The van der Waals surface area contributed by atoms with Gasteiger partial charge in [0.05, 0.1) is 5.02 Å². The first-order valence-electron chi connectivity index (χ1n) is 8.44. The smallest absolute Gasteiger partial charge is 0.331 e. The second-order valence-corrected chi connectivity index (χ2v) is 7.25. The van der Waals surface area contributed by atoms with E-state index in [1.807, 2.05) is 13.8 Å². The second-order valence-electron chi connectivity index (χ2n) is 6.85. The summed E-state index contributed by atoms with van der Waals surface area (Å²) in [5.74, 6) is -0.766. The van der Waals surface area contributed by atoms with Crippen molar-refractivity contribution in [3.8, 4) is 5.75 Å². The van der Waals surface area contributed by atoms with Crippen LogP contribution in [0.5, 0.6) is 5.75 Å². The average Bonchev–Trinajstić information content (AvgIpc) is 2.79. The summed E-state index contributed by atoms with van der Waals surface area (Å²) in [6, 6.07) is 4.53. The zero-order chi connectivity index (χ0) is 18.2. The number of carbonyl (C=O) groups is 3. The maximum Gasteiger partial charge on any atom is 0.331 e. The Morgan fingerprint density at radius 1 is 1.40 bits per heavy atom. The molecule has 6 nitrogen and oxygen atoms in total. The molecule has 1 N–H and O–H groups in total. The lowest BCUT2D eigenvalue weighted by molar-refractivity contribution is -0.142. The van der Waals surface area contributed by atoms with Crippen molar-refractivity contribution in [2.45, 2.75) is 45.1 Å². The quantitative estimate of drug-likeness (QED) is 0.508. The topological polar surface area (TPSA) is 75.7 Å². The summed E-state index contributed by atoms with van der Waals surface area (Å²) in [5.41, 5.74) is 0.00789. The summed E-state index contributed by atoms with van der Waals surface area (Å²) in [4.78, 5) is 38.3. The van der Waals surface area contributed by atoms with Gasteiger partial charge in [0, 0.05) is 0 Å². The van der Waals surface area contributed by atoms with Crippen LogP contribution in [0.4, 0.5) is 4.79 Å². The summed E-state index contributed by atoms with van der Waals surface area (Å²) in [5, 5.41) is 3.11. The maximum atomic E-state index is 12.8. The van der Waals surface area contributed by atoms with Gasteiger partial charge in [0.1, 0.15) is 17.8 Å². The Hall–Kier alpha value is -2.08. The highest BCUT2D eigenvalue weighted by molar-refractivity contribution is 6.32. The van der Waals surface area contributed by atoms with E-state index in [0.717, 1.165) is 29.7 Å². The molecule has 1 aliphatic heterocycles. The van der Waals surface area contributed by atoms with Crippen LogP contribution in [0, 0.1) is 12.8 Å². The first-order valence-corrected chi connectivity index (χ1v) is 8.82. The number of nitrogens with zero attached hydrogens (tertiary/aromatic N) is 1.